The Morgan fingerprint density at radius 2 is 1.84 bits per heavy atom. The lowest BCUT2D eigenvalue weighted by Gasteiger charge is -2.18. The second-order valence-electron chi connectivity index (χ2n) is 7.71. The quantitative estimate of drug-likeness (QED) is 0.599. The summed E-state index contributed by atoms with van der Waals surface area (Å²) in [6.45, 7) is 7.29. The summed E-state index contributed by atoms with van der Waals surface area (Å²) in [5, 5.41) is 3.29. The molecule has 0 fully saturated rings. The number of ketones is 1. The summed E-state index contributed by atoms with van der Waals surface area (Å²) in [4.78, 5) is 12.2. The number of fused-ring (bicyclic) bond motifs is 1. The molecule has 2 rings (SSSR count). The number of hydrogen-bond donors (Lipinski definition) is 0. The van der Waals surface area contributed by atoms with Crippen molar-refractivity contribution in [2.24, 2.45) is 0 Å². The van der Waals surface area contributed by atoms with Gasteiger partial charge in [0.1, 0.15) is 5.78 Å². The van der Waals surface area contributed by atoms with Crippen LogP contribution in [0.15, 0.2) is 23.6 Å². The molecule has 0 bridgehead atoms. The number of hydrogen-bond acceptors (Lipinski definition) is 4. The van der Waals surface area contributed by atoms with Crippen LogP contribution in [0, 0.1) is 6.92 Å². The first-order valence-corrected chi connectivity index (χ1v) is 11.3. The van der Waals surface area contributed by atoms with Crippen molar-refractivity contribution in [3.05, 3.63) is 34.7 Å². The standard InChI is InChI=1S/C20H28O3S2/c1-15-12-16(13-17-9-10-24-19(15)17)14-18(21)8-6-5-7-11-25(22,23)20(2,3)4/h9-10,12-13H,5-8,11,14H2,1-4H3. The van der Waals surface area contributed by atoms with E-state index in [9.17, 15) is 13.2 Å². The normalized spacial score (nSPS) is 12.6. The third kappa shape index (κ3) is 5.38. The van der Waals surface area contributed by atoms with Crippen LogP contribution < -0.4 is 0 Å². The van der Waals surface area contributed by atoms with Crippen LogP contribution in [0.1, 0.15) is 57.6 Å². The molecule has 5 heteroatoms. The monoisotopic (exact) mass is 380 g/mol. The minimum absolute atomic E-state index is 0.207. The summed E-state index contributed by atoms with van der Waals surface area (Å²) in [6.07, 6.45) is 3.16. The van der Waals surface area contributed by atoms with Crippen molar-refractivity contribution in [3.8, 4) is 0 Å². The van der Waals surface area contributed by atoms with Crippen LogP contribution in [0.3, 0.4) is 0 Å². The maximum Gasteiger partial charge on any atom is 0.155 e. The van der Waals surface area contributed by atoms with Gasteiger partial charge in [0, 0.05) is 17.5 Å². The summed E-state index contributed by atoms with van der Waals surface area (Å²) in [5.74, 6) is 0.436. The van der Waals surface area contributed by atoms with E-state index < -0.39 is 14.6 Å². The molecule has 25 heavy (non-hydrogen) atoms. The van der Waals surface area contributed by atoms with Crippen LogP contribution in [0.2, 0.25) is 0 Å². The predicted molar refractivity (Wildman–Crippen MR) is 107 cm³/mol. The summed E-state index contributed by atoms with van der Waals surface area (Å²) in [5.41, 5.74) is 2.30. The van der Waals surface area contributed by atoms with Gasteiger partial charge in [-0.3, -0.25) is 4.79 Å². The van der Waals surface area contributed by atoms with Gasteiger partial charge >= 0.3 is 0 Å². The largest absolute Gasteiger partial charge is 0.299 e. The molecule has 1 heterocycles. The van der Waals surface area contributed by atoms with Gasteiger partial charge in [0.15, 0.2) is 9.84 Å². The van der Waals surface area contributed by atoms with E-state index in [1.54, 1.807) is 32.1 Å². The molecule has 0 unspecified atom stereocenters. The van der Waals surface area contributed by atoms with E-state index in [2.05, 4.69) is 30.5 Å². The Kier molecular flexibility index (Phi) is 6.44. The summed E-state index contributed by atoms with van der Waals surface area (Å²) in [6, 6.07) is 6.30. The number of Topliss-reactive ketones (excluding diaryl/α,β-unsaturated/α-hetero) is 1. The molecule has 0 atom stereocenters. The van der Waals surface area contributed by atoms with Gasteiger partial charge in [0.25, 0.3) is 0 Å². The molecule has 0 aliphatic rings. The number of aryl methyl sites for hydroxylation is 1. The van der Waals surface area contributed by atoms with Gasteiger partial charge in [-0.25, -0.2) is 8.42 Å². The number of carbonyl (C=O) groups is 1. The van der Waals surface area contributed by atoms with Crippen LogP contribution in [0.25, 0.3) is 10.1 Å². The van der Waals surface area contributed by atoms with Crippen LogP contribution in [0.5, 0.6) is 0 Å². The Morgan fingerprint density at radius 1 is 1.12 bits per heavy atom. The molecular formula is C20H28O3S2. The van der Waals surface area contributed by atoms with Crippen LogP contribution in [0.4, 0.5) is 0 Å². The summed E-state index contributed by atoms with van der Waals surface area (Å²) in [7, 11) is -3.05. The first-order valence-electron chi connectivity index (χ1n) is 8.81. The van der Waals surface area contributed by atoms with Gasteiger partial charge in [0.2, 0.25) is 0 Å². The summed E-state index contributed by atoms with van der Waals surface area (Å²) < 4.78 is 24.7. The molecule has 0 aliphatic carbocycles. The molecule has 0 amide bonds. The van der Waals surface area contributed by atoms with Crippen molar-refractivity contribution in [2.45, 2.75) is 64.5 Å². The minimum atomic E-state index is -3.05. The highest BCUT2D eigenvalue weighted by molar-refractivity contribution is 7.92. The van der Waals surface area contributed by atoms with Crippen LogP contribution in [-0.2, 0) is 21.1 Å². The van der Waals surface area contributed by atoms with Crippen molar-refractivity contribution in [3.63, 3.8) is 0 Å². The van der Waals surface area contributed by atoms with Gasteiger partial charge in [-0.15, -0.1) is 11.3 Å². The zero-order valence-electron chi connectivity index (χ0n) is 15.6. The topological polar surface area (TPSA) is 51.2 Å². The van der Waals surface area contributed by atoms with Crippen molar-refractivity contribution in [1.29, 1.82) is 0 Å². The number of benzene rings is 1. The lowest BCUT2D eigenvalue weighted by atomic mass is 10.0. The van der Waals surface area contributed by atoms with Gasteiger partial charge in [0.05, 0.1) is 10.5 Å². The van der Waals surface area contributed by atoms with Crippen molar-refractivity contribution < 1.29 is 13.2 Å². The van der Waals surface area contributed by atoms with E-state index in [1.807, 2.05) is 0 Å². The highest BCUT2D eigenvalue weighted by Crippen LogP contribution is 2.26. The highest BCUT2D eigenvalue weighted by atomic mass is 32.2. The zero-order valence-corrected chi connectivity index (χ0v) is 17.2. The fraction of sp³-hybridized carbons (Fsp3) is 0.550. The second kappa shape index (κ2) is 8.00. The maximum absolute atomic E-state index is 12.2. The lowest BCUT2D eigenvalue weighted by Crippen LogP contribution is -2.30. The summed E-state index contributed by atoms with van der Waals surface area (Å²) >= 11 is 1.73. The molecule has 0 N–H and O–H groups in total. The first kappa shape index (κ1) is 20.1. The molecule has 1 aromatic carbocycles. The van der Waals surface area contributed by atoms with E-state index >= 15 is 0 Å². The molecule has 1 aromatic heterocycles. The number of sulfone groups is 1. The van der Waals surface area contributed by atoms with E-state index in [0.717, 1.165) is 18.4 Å². The fourth-order valence-electron chi connectivity index (χ4n) is 2.85. The fourth-order valence-corrected chi connectivity index (χ4v) is 4.91. The maximum atomic E-state index is 12.2. The molecule has 0 saturated heterocycles. The molecule has 0 radical (unpaired) electrons. The average Bonchev–Trinajstić information content (AvgIpc) is 2.94. The molecule has 3 nitrogen and oxygen atoms in total. The molecule has 2 aromatic rings. The van der Waals surface area contributed by atoms with E-state index in [-0.39, 0.29) is 11.5 Å². The van der Waals surface area contributed by atoms with Crippen LogP contribution in [-0.4, -0.2) is 24.7 Å². The Bertz CT molecular complexity index is 839. The van der Waals surface area contributed by atoms with Crippen molar-refractivity contribution in [1.82, 2.24) is 0 Å². The molecular weight excluding hydrogens is 352 g/mol. The average molecular weight is 381 g/mol. The molecule has 0 spiro atoms. The first-order chi connectivity index (χ1) is 11.6. The smallest absolute Gasteiger partial charge is 0.155 e. The Labute approximate surface area is 155 Å². The second-order valence-corrected chi connectivity index (χ2v) is 11.5. The van der Waals surface area contributed by atoms with Gasteiger partial charge in [-0.1, -0.05) is 12.5 Å². The number of carbonyl (C=O) groups excluding carboxylic acids is 1. The lowest BCUT2D eigenvalue weighted by molar-refractivity contribution is -0.118. The third-order valence-electron chi connectivity index (χ3n) is 4.50. The Balaban J connectivity index is 1.77. The van der Waals surface area contributed by atoms with E-state index in [1.165, 1.54) is 15.6 Å². The molecule has 0 saturated carbocycles. The number of rotatable bonds is 8. The van der Waals surface area contributed by atoms with Crippen molar-refractivity contribution in [2.75, 3.05) is 5.75 Å². The zero-order chi connectivity index (χ0) is 18.7. The molecule has 138 valence electrons. The van der Waals surface area contributed by atoms with Crippen molar-refractivity contribution >= 4 is 37.0 Å². The van der Waals surface area contributed by atoms with Gasteiger partial charge < -0.3 is 0 Å². The third-order valence-corrected chi connectivity index (χ3v) is 8.26. The highest BCUT2D eigenvalue weighted by Gasteiger charge is 2.27. The van der Waals surface area contributed by atoms with Gasteiger partial charge in [-0.05, 0) is 74.6 Å². The van der Waals surface area contributed by atoms with E-state index in [0.29, 0.717) is 19.3 Å². The van der Waals surface area contributed by atoms with Gasteiger partial charge in [-0.2, -0.15) is 0 Å². The Hall–Kier alpha value is -1.20. The van der Waals surface area contributed by atoms with Crippen LogP contribution >= 0.6 is 11.3 Å². The van der Waals surface area contributed by atoms with E-state index in [4.69, 9.17) is 0 Å². The predicted octanol–water partition coefficient (Wildman–Crippen LogP) is 5.10. The Morgan fingerprint density at radius 3 is 2.52 bits per heavy atom. The number of unbranched alkanes of at least 4 members (excludes halogenated alkanes) is 2. The number of thiophene rings is 1. The SMILES string of the molecule is Cc1cc(CC(=O)CCCCCS(=O)(=O)C(C)(C)C)cc2ccsc12. The minimum Gasteiger partial charge on any atom is -0.299 e. The molecule has 0 aliphatic heterocycles.